The molecule has 3 aliphatic rings. The second-order valence-electron chi connectivity index (χ2n) is 7.77. The molecule has 1 heterocycles. The molecule has 162 valence electrons. The lowest BCUT2D eigenvalue weighted by Gasteiger charge is -2.16. The molecule has 9 heteroatoms. The van der Waals surface area contributed by atoms with Gasteiger partial charge in [-0.1, -0.05) is 12.2 Å². The molecule has 2 aliphatic carbocycles. The number of benzene rings is 1. The lowest BCUT2D eigenvalue weighted by Crippen LogP contribution is -2.38. The van der Waals surface area contributed by atoms with Gasteiger partial charge in [0.1, 0.15) is 6.54 Å². The number of amides is 3. The van der Waals surface area contributed by atoms with E-state index in [-0.39, 0.29) is 42.1 Å². The maximum absolute atomic E-state index is 12.6. The predicted octanol–water partition coefficient (Wildman–Crippen LogP) is 1.15. The average Bonchev–Trinajstić information content (AvgIpc) is 3.43. The Bertz CT molecular complexity index is 939. The van der Waals surface area contributed by atoms with Gasteiger partial charge >= 0.3 is 11.9 Å². The Kier molecular flexibility index (Phi) is 5.58. The third kappa shape index (κ3) is 3.95. The predicted molar refractivity (Wildman–Crippen MR) is 106 cm³/mol. The highest BCUT2D eigenvalue weighted by Gasteiger charge is 2.59. The molecular weight excluding hydrogens is 404 g/mol. The zero-order valence-electron chi connectivity index (χ0n) is 16.9. The lowest BCUT2D eigenvalue weighted by atomic mass is 9.85. The molecule has 3 amide bonds. The number of allylic oxidation sites excluding steroid dienone is 2. The molecule has 4 rings (SSSR count). The number of fused-ring (bicyclic) bond motifs is 5. The Hall–Kier alpha value is -3.49. The molecule has 1 aromatic rings. The zero-order valence-corrected chi connectivity index (χ0v) is 16.9. The van der Waals surface area contributed by atoms with Crippen molar-refractivity contribution in [2.45, 2.75) is 13.3 Å². The van der Waals surface area contributed by atoms with Crippen molar-refractivity contribution in [3.05, 3.63) is 42.0 Å². The third-order valence-electron chi connectivity index (χ3n) is 5.89. The zero-order chi connectivity index (χ0) is 22.1. The summed E-state index contributed by atoms with van der Waals surface area (Å²) < 4.78 is 9.82. The van der Waals surface area contributed by atoms with Gasteiger partial charge < -0.3 is 14.8 Å². The van der Waals surface area contributed by atoms with Crippen LogP contribution in [0.25, 0.3) is 0 Å². The maximum Gasteiger partial charge on any atom is 0.338 e. The number of nitrogens with one attached hydrogen (secondary N) is 1. The van der Waals surface area contributed by atoms with Crippen LogP contribution in [0.15, 0.2) is 36.4 Å². The van der Waals surface area contributed by atoms with E-state index in [0.29, 0.717) is 11.3 Å². The summed E-state index contributed by atoms with van der Waals surface area (Å²) in [7, 11) is 0. The molecule has 1 aromatic carbocycles. The third-order valence-corrected chi connectivity index (χ3v) is 5.89. The van der Waals surface area contributed by atoms with Gasteiger partial charge in [0, 0.05) is 5.69 Å². The van der Waals surface area contributed by atoms with E-state index in [9.17, 15) is 24.0 Å². The van der Waals surface area contributed by atoms with E-state index in [1.54, 1.807) is 6.92 Å². The van der Waals surface area contributed by atoms with E-state index >= 15 is 0 Å². The molecule has 0 spiro atoms. The first-order valence-corrected chi connectivity index (χ1v) is 10.1. The summed E-state index contributed by atoms with van der Waals surface area (Å²) >= 11 is 0. The summed E-state index contributed by atoms with van der Waals surface area (Å²) in [5.74, 6) is -3.18. The molecule has 9 nitrogen and oxygen atoms in total. The summed E-state index contributed by atoms with van der Waals surface area (Å²) in [4.78, 5) is 61.9. The first-order valence-electron chi connectivity index (χ1n) is 10.1. The van der Waals surface area contributed by atoms with Crippen molar-refractivity contribution >= 4 is 35.3 Å². The summed E-state index contributed by atoms with van der Waals surface area (Å²) in [6, 6.07) is 6.05. The van der Waals surface area contributed by atoms with E-state index in [2.05, 4.69) is 5.32 Å². The number of anilines is 1. The molecule has 1 N–H and O–H groups in total. The molecule has 2 bridgehead atoms. The maximum atomic E-state index is 12.6. The van der Waals surface area contributed by atoms with Crippen molar-refractivity contribution in [1.29, 1.82) is 0 Å². The van der Waals surface area contributed by atoms with Gasteiger partial charge in [-0.05, 0) is 49.4 Å². The van der Waals surface area contributed by atoms with Crippen LogP contribution in [0.1, 0.15) is 23.7 Å². The number of hydrogen-bond acceptors (Lipinski definition) is 7. The Labute approximate surface area is 178 Å². The van der Waals surface area contributed by atoms with Crippen molar-refractivity contribution in [2.24, 2.45) is 23.7 Å². The van der Waals surface area contributed by atoms with Gasteiger partial charge in [-0.3, -0.25) is 24.1 Å². The molecule has 0 radical (unpaired) electrons. The fourth-order valence-electron chi connectivity index (χ4n) is 4.54. The highest BCUT2D eigenvalue weighted by molar-refractivity contribution is 6.08. The summed E-state index contributed by atoms with van der Waals surface area (Å²) in [5, 5.41) is 2.53. The molecule has 0 aromatic heterocycles. The van der Waals surface area contributed by atoms with Gasteiger partial charge in [-0.2, -0.15) is 0 Å². The molecular formula is C22H22N2O7. The largest absolute Gasteiger partial charge is 0.462 e. The van der Waals surface area contributed by atoms with E-state index in [1.807, 2.05) is 12.2 Å². The normalized spacial score (nSPS) is 25.5. The summed E-state index contributed by atoms with van der Waals surface area (Å²) in [6.45, 7) is 0.909. The molecule has 31 heavy (non-hydrogen) atoms. The topological polar surface area (TPSA) is 119 Å². The van der Waals surface area contributed by atoms with Crippen LogP contribution in [0.3, 0.4) is 0 Å². The van der Waals surface area contributed by atoms with Crippen molar-refractivity contribution in [3.63, 3.8) is 0 Å². The van der Waals surface area contributed by atoms with Crippen LogP contribution < -0.4 is 5.32 Å². The second kappa shape index (κ2) is 8.33. The minimum absolute atomic E-state index is 0.0634. The first kappa shape index (κ1) is 20.8. The Balaban J connectivity index is 1.25. The highest BCUT2D eigenvalue weighted by atomic mass is 16.5. The molecule has 1 saturated carbocycles. The first-order chi connectivity index (χ1) is 14.9. The van der Waals surface area contributed by atoms with Gasteiger partial charge in [0.2, 0.25) is 11.8 Å². The van der Waals surface area contributed by atoms with Gasteiger partial charge in [0.05, 0.1) is 24.0 Å². The number of likely N-dealkylation sites (tertiary alicyclic amines) is 1. The number of ether oxygens (including phenoxy) is 2. The number of carbonyl (C=O) groups excluding carboxylic acids is 5. The van der Waals surface area contributed by atoms with E-state index < -0.39 is 31.0 Å². The number of rotatable bonds is 7. The van der Waals surface area contributed by atoms with Gasteiger partial charge in [-0.15, -0.1) is 0 Å². The number of nitrogens with zero attached hydrogens (tertiary/aromatic N) is 1. The number of carbonyl (C=O) groups is 5. The quantitative estimate of drug-likeness (QED) is 0.395. The number of imide groups is 1. The Morgan fingerprint density at radius 2 is 1.61 bits per heavy atom. The van der Waals surface area contributed by atoms with Crippen LogP contribution in [-0.2, 0) is 28.7 Å². The van der Waals surface area contributed by atoms with Crippen LogP contribution in [0.2, 0.25) is 0 Å². The minimum atomic E-state index is -0.824. The number of esters is 2. The van der Waals surface area contributed by atoms with Crippen molar-refractivity contribution in [1.82, 2.24) is 4.90 Å². The molecule has 4 atom stereocenters. The monoisotopic (exact) mass is 426 g/mol. The van der Waals surface area contributed by atoms with Crippen LogP contribution in [-0.4, -0.2) is 54.3 Å². The van der Waals surface area contributed by atoms with Crippen molar-refractivity contribution < 1.29 is 33.4 Å². The standard InChI is InChI=1S/C22H22N2O7/c1-2-30-22(29)12-5-7-15(8-6-12)23-16(25)11-31-17(26)10-24-20(27)18-13-3-4-14(9-13)19(18)21(24)28/h3-8,13-14,18-19H,2,9-11H2,1H3,(H,23,25)/t13-,14-,18-,19+/m0/s1. The molecule has 1 saturated heterocycles. The highest BCUT2D eigenvalue weighted by Crippen LogP contribution is 2.52. The number of hydrogen-bond donors (Lipinski definition) is 1. The van der Waals surface area contributed by atoms with Crippen molar-refractivity contribution in [2.75, 3.05) is 25.1 Å². The summed E-state index contributed by atoms with van der Waals surface area (Å²) in [6.07, 6.45) is 4.76. The SMILES string of the molecule is CCOC(=O)c1ccc(NC(=O)COC(=O)CN2C(=O)[C@@H]3[C@H](C2=O)[C@H]2C=C[C@H]3C2)cc1. The Morgan fingerprint density at radius 3 is 2.19 bits per heavy atom. The van der Waals surface area contributed by atoms with Gasteiger partial charge in [-0.25, -0.2) is 4.79 Å². The fraction of sp³-hybridized carbons (Fsp3) is 0.409. The smallest absolute Gasteiger partial charge is 0.338 e. The van der Waals surface area contributed by atoms with E-state index in [0.717, 1.165) is 11.3 Å². The van der Waals surface area contributed by atoms with Crippen LogP contribution in [0, 0.1) is 23.7 Å². The van der Waals surface area contributed by atoms with Crippen LogP contribution in [0.4, 0.5) is 5.69 Å². The van der Waals surface area contributed by atoms with Gasteiger partial charge in [0.25, 0.3) is 5.91 Å². The minimum Gasteiger partial charge on any atom is -0.462 e. The fourth-order valence-corrected chi connectivity index (χ4v) is 4.54. The van der Waals surface area contributed by atoms with Crippen LogP contribution >= 0.6 is 0 Å². The summed E-state index contributed by atoms with van der Waals surface area (Å²) in [5.41, 5.74) is 0.759. The van der Waals surface area contributed by atoms with Crippen LogP contribution in [0.5, 0.6) is 0 Å². The van der Waals surface area contributed by atoms with Gasteiger partial charge in [0.15, 0.2) is 6.61 Å². The molecule has 0 unspecified atom stereocenters. The molecule has 2 fully saturated rings. The molecule has 1 aliphatic heterocycles. The second-order valence-corrected chi connectivity index (χ2v) is 7.77. The van der Waals surface area contributed by atoms with Crippen molar-refractivity contribution in [3.8, 4) is 0 Å². The average molecular weight is 426 g/mol. The van der Waals surface area contributed by atoms with E-state index in [4.69, 9.17) is 9.47 Å². The Morgan fingerprint density at radius 1 is 1.00 bits per heavy atom. The van der Waals surface area contributed by atoms with E-state index in [1.165, 1.54) is 24.3 Å². The lowest BCUT2D eigenvalue weighted by molar-refractivity contribution is -0.154.